The Bertz CT molecular complexity index is 968. The first kappa shape index (κ1) is 17.4. The van der Waals surface area contributed by atoms with Crippen LogP contribution >= 0.6 is 0 Å². The van der Waals surface area contributed by atoms with Crippen molar-refractivity contribution < 1.29 is 17.9 Å². The van der Waals surface area contributed by atoms with Gasteiger partial charge in [0.15, 0.2) is 5.69 Å². The molecule has 0 aliphatic carbocycles. The predicted molar refractivity (Wildman–Crippen MR) is 89.7 cm³/mol. The fourth-order valence-electron chi connectivity index (χ4n) is 2.54. The van der Waals surface area contributed by atoms with Gasteiger partial charge in [-0.3, -0.25) is 0 Å². The fourth-order valence-corrected chi connectivity index (χ4v) is 2.54. The van der Waals surface area contributed by atoms with Crippen molar-refractivity contribution in [1.82, 2.24) is 9.78 Å². The van der Waals surface area contributed by atoms with Crippen LogP contribution in [0.25, 0.3) is 16.9 Å². The molecule has 2 aromatic carbocycles. The minimum absolute atomic E-state index is 0.0484. The van der Waals surface area contributed by atoms with Crippen LogP contribution in [0.15, 0.2) is 48.5 Å². The van der Waals surface area contributed by atoms with Gasteiger partial charge >= 0.3 is 6.18 Å². The maximum absolute atomic E-state index is 13.4. The van der Waals surface area contributed by atoms with Crippen LogP contribution in [-0.4, -0.2) is 16.9 Å². The maximum Gasteiger partial charge on any atom is 0.436 e. The molecule has 0 saturated heterocycles. The van der Waals surface area contributed by atoms with E-state index in [-0.39, 0.29) is 5.69 Å². The van der Waals surface area contributed by atoms with Crippen LogP contribution in [-0.2, 0) is 6.18 Å². The van der Waals surface area contributed by atoms with Crippen LogP contribution < -0.4 is 10.5 Å². The summed E-state index contributed by atoms with van der Waals surface area (Å²) in [6, 6.07) is 14.2. The Morgan fingerprint density at radius 3 is 2.19 bits per heavy atom. The number of anilines is 1. The number of nitriles is 1. The molecule has 0 spiro atoms. The highest BCUT2D eigenvalue weighted by Crippen LogP contribution is 2.37. The molecule has 0 aliphatic heterocycles. The number of nitrogen functional groups attached to an aromatic ring is 1. The summed E-state index contributed by atoms with van der Waals surface area (Å²) in [5.41, 5.74) is 5.14. The van der Waals surface area contributed by atoms with Crippen LogP contribution in [0.4, 0.5) is 18.9 Å². The van der Waals surface area contributed by atoms with Crippen molar-refractivity contribution in [3.8, 4) is 28.8 Å². The first-order valence-corrected chi connectivity index (χ1v) is 7.46. The first-order chi connectivity index (χ1) is 12.3. The van der Waals surface area contributed by atoms with Crippen LogP contribution in [0.1, 0.15) is 11.3 Å². The molecular formula is C18H13F3N4O. The van der Waals surface area contributed by atoms with Gasteiger partial charge in [0.1, 0.15) is 17.4 Å². The summed E-state index contributed by atoms with van der Waals surface area (Å²) in [5.74, 6) is 0.543. The number of rotatable bonds is 3. The number of methoxy groups -OCH3 is 1. The molecule has 0 atom stereocenters. The summed E-state index contributed by atoms with van der Waals surface area (Å²) in [6.07, 6.45) is -4.76. The minimum Gasteiger partial charge on any atom is -0.497 e. The van der Waals surface area contributed by atoms with E-state index in [2.05, 4.69) is 5.10 Å². The van der Waals surface area contributed by atoms with Gasteiger partial charge in [0.05, 0.1) is 18.5 Å². The number of hydrogen-bond donors (Lipinski definition) is 1. The van der Waals surface area contributed by atoms with E-state index in [1.165, 1.54) is 19.2 Å². The molecule has 0 bridgehead atoms. The van der Waals surface area contributed by atoms with Gasteiger partial charge in [-0.2, -0.15) is 23.5 Å². The molecule has 8 heteroatoms. The van der Waals surface area contributed by atoms with Crippen LogP contribution in [0, 0.1) is 11.3 Å². The molecule has 0 saturated carbocycles. The summed E-state index contributed by atoms with van der Waals surface area (Å²) < 4.78 is 46.3. The lowest BCUT2D eigenvalue weighted by atomic mass is 10.1. The van der Waals surface area contributed by atoms with Crippen molar-refractivity contribution >= 4 is 5.69 Å². The Balaban J connectivity index is 2.30. The Labute approximate surface area is 147 Å². The average molecular weight is 358 g/mol. The van der Waals surface area contributed by atoms with E-state index >= 15 is 0 Å². The van der Waals surface area contributed by atoms with E-state index in [9.17, 15) is 18.4 Å². The Hall–Kier alpha value is -3.47. The van der Waals surface area contributed by atoms with E-state index in [4.69, 9.17) is 10.5 Å². The standard InChI is InChI=1S/C18H13F3N4O/c1-26-14-8-2-11(3-9-14)16-15(10-22)17(18(19,20)21)24-25(16)13-6-4-12(23)5-7-13/h2-9H,23H2,1H3. The van der Waals surface area contributed by atoms with Crippen molar-refractivity contribution in [3.05, 3.63) is 59.8 Å². The number of nitrogens with two attached hydrogens (primary N) is 1. The molecule has 3 rings (SSSR count). The molecule has 3 aromatic rings. The molecule has 5 nitrogen and oxygen atoms in total. The highest BCUT2D eigenvalue weighted by Gasteiger charge is 2.40. The quantitative estimate of drug-likeness (QED) is 0.718. The van der Waals surface area contributed by atoms with E-state index in [0.717, 1.165) is 4.68 Å². The number of ether oxygens (including phenoxy) is 1. The topological polar surface area (TPSA) is 76.9 Å². The molecule has 2 N–H and O–H groups in total. The number of hydrogen-bond acceptors (Lipinski definition) is 4. The highest BCUT2D eigenvalue weighted by molar-refractivity contribution is 5.71. The second-order valence-corrected chi connectivity index (χ2v) is 5.41. The molecule has 0 unspecified atom stereocenters. The van der Waals surface area contributed by atoms with Crippen LogP contribution in [0.5, 0.6) is 5.75 Å². The Morgan fingerprint density at radius 1 is 1.08 bits per heavy atom. The van der Waals surface area contributed by atoms with E-state index < -0.39 is 17.4 Å². The van der Waals surface area contributed by atoms with E-state index in [1.54, 1.807) is 42.5 Å². The number of halogens is 3. The van der Waals surface area contributed by atoms with Gasteiger partial charge in [0.25, 0.3) is 0 Å². The largest absolute Gasteiger partial charge is 0.497 e. The molecule has 132 valence electrons. The third-order valence-electron chi connectivity index (χ3n) is 3.77. The zero-order valence-electron chi connectivity index (χ0n) is 13.6. The third-order valence-corrected chi connectivity index (χ3v) is 3.77. The predicted octanol–water partition coefficient (Wildman–Crippen LogP) is 4.02. The third kappa shape index (κ3) is 3.07. The van der Waals surface area contributed by atoms with Gasteiger partial charge in [-0.05, 0) is 48.5 Å². The van der Waals surface area contributed by atoms with Crippen molar-refractivity contribution in [2.24, 2.45) is 0 Å². The summed E-state index contributed by atoms with van der Waals surface area (Å²) in [7, 11) is 1.48. The molecular weight excluding hydrogens is 345 g/mol. The summed E-state index contributed by atoms with van der Waals surface area (Å²) in [6.45, 7) is 0. The molecule has 0 aliphatic rings. The van der Waals surface area contributed by atoms with Crippen molar-refractivity contribution in [2.45, 2.75) is 6.18 Å². The van der Waals surface area contributed by atoms with E-state index in [0.29, 0.717) is 22.7 Å². The molecule has 0 amide bonds. The number of nitrogens with zero attached hydrogens (tertiary/aromatic N) is 3. The summed E-state index contributed by atoms with van der Waals surface area (Å²) >= 11 is 0. The van der Waals surface area contributed by atoms with Gasteiger partial charge in [-0.1, -0.05) is 0 Å². The SMILES string of the molecule is COc1ccc(-c2c(C#N)c(C(F)(F)F)nn2-c2ccc(N)cc2)cc1. The molecule has 26 heavy (non-hydrogen) atoms. The smallest absolute Gasteiger partial charge is 0.436 e. The minimum atomic E-state index is -4.76. The van der Waals surface area contributed by atoms with Crippen molar-refractivity contribution in [3.63, 3.8) is 0 Å². The van der Waals surface area contributed by atoms with Crippen molar-refractivity contribution in [2.75, 3.05) is 12.8 Å². The zero-order chi connectivity index (χ0) is 18.9. The van der Waals surface area contributed by atoms with Crippen molar-refractivity contribution in [1.29, 1.82) is 5.26 Å². The van der Waals surface area contributed by atoms with Gasteiger partial charge in [-0.25, -0.2) is 4.68 Å². The lowest BCUT2D eigenvalue weighted by Gasteiger charge is -2.09. The second kappa shape index (κ2) is 6.44. The van der Waals surface area contributed by atoms with Gasteiger partial charge in [-0.15, -0.1) is 0 Å². The van der Waals surface area contributed by atoms with Crippen LogP contribution in [0.2, 0.25) is 0 Å². The molecule has 0 fully saturated rings. The number of benzene rings is 2. The monoisotopic (exact) mass is 358 g/mol. The number of alkyl halides is 3. The Kier molecular flexibility index (Phi) is 4.30. The highest BCUT2D eigenvalue weighted by atomic mass is 19.4. The molecule has 0 radical (unpaired) electrons. The number of aromatic nitrogens is 2. The maximum atomic E-state index is 13.4. The Morgan fingerprint density at radius 2 is 1.69 bits per heavy atom. The lowest BCUT2D eigenvalue weighted by molar-refractivity contribution is -0.141. The van der Waals surface area contributed by atoms with Gasteiger partial charge in [0.2, 0.25) is 0 Å². The summed E-state index contributed by atoms with van der Waals surface area (Å²) in [5, 5.41) is 13.0. The van der Waals surface area contributed by atoms with Gasteiger partial charge in [0, 0.05) is 11.3 Å². The molecule has 1 aromatic heterocycles. The zero-order valence-corrected chi connectivity index (χ0v) is 13.6. The fraction of sp³-hybridized carbons (Fsp3) is 0.111. The lowest BCUT2D eigenvalue weighted by Crippen LogP contribution is -2.08. The normalized spacial score (nSPS) is 11.2. The average Bonchev–Trinajstić information content (AvgIpc) is 3.02. The van der Waals surface area contributed by atoms with Crippen LogP contribution in [0.3, 0.4) is 0 Å². The molecule has 1 heterocycles. The van der Waals surface area contributed by atoms with E-state index in [1.807, 2.05) is 0 Å². The van der Waals surface area contributed by atoms with Gasteiger partial charge < -0.3 is 10.5 Å². The first-order valence-electron chi connectivity index (χ1n) is 7.46. The second-order valence-electron chi connectivity index (χ2n) is 5.41. The summed E-state index contributed by atoms with van der Waals surface area (Å²) in [4.78, 5) is 0.